The zero-order valence-electron chi connectivity index (χ0n) is 14.3. The maximum absolute atomic E-state index is 12.3. The fourth-order valence-electron chi connectivity index (χ4n) is 2.48. The molecule has 0 amide bonds. The smallest absolute Gasteiger partial charge is 0.175 e. The summed E-state index contributed by atoms with van der Waals surface area (Å²) < 4.78 is 24.6. The van der Waals surface area contributed by atoms with Crippen molar-refractivity contribution in [3.63, 3.8) is 0 Å². The Labute approximate surface area is 159 Å². The van der Waals surface area contributed by atoms with Gasteiger partial charge in [-0.25, -0.2) is 8.42 Å². The highest BCUT2D eigenvalue weighted by atomic mass is 32.2. The summed E-state index contributed by atoms with van der Waals surface area (Å²) >= 11 is 10.6. The predicted octanol–water partition coefficient (Wildman–Crippen LogP) is 1.90. The topological polar surface area (TPSA) is 57.7 Å². The number of hydrogen-bond donors (Lipinski definition) is 0. The Morgan fingerprint density at radius 1 is 1.12 bits per heavy atom. The van der Waals surface area contributed by atoms with Gasteiger partial charge in [0.15, 0.2) is 15.6 Å². The largest absolute Gasteiger partial charge is 0.362 e. The van der Waals surface area contributed by atoms with E-state index in [9.17, 15) is 13.2 Å². The number of Topliss-reactive ketones (excluding diaryl/α,β-unsaturated/α-hetero) is 1. The molecule has 0 atom stereocenters. The fraction of sp³-hybridized carbons (Fsp3) is 0.471. The molecule has 2 rings (SSSR count). The highest BCUT2D eigenvalue weighted by Crippen LogP contribution is 2.31. The predicted molar refractivity (Wildman–Crippen MR) is 108 cm³/mol. The molecular weight excluding hydrogens is 376 g/mol. The number of sulfone groups is 1. The zero-order valence-corrected chi connectivity index (χ0v) is 16.8. The van der Waals surface area contributed by atoms with Gasteiger partial charge in [0.2, 0.25) is 0 Å². The molecule has 0 unspecified atom stereocenters. The standard InChI is InChI=1S/C17H22N2O3S3/c1-18(16(23)14-8-9-14)10-15(20)11-25(21,22)12-19(2)17(24)13-6-4-3-5-7-13/h3-7,14H,8-12H2,1-2H3. The molecule has 0 aromatic heterocycles. The van der Waals surface area contributed by atoms with Crippen molar-refractivity contribution in [2.45, 2.75) is 12.8 Å². The van der Waals surface area contributed by atoms with Gasteiger partial charge in [-0.2, -0.15) is 0 Å². The number of benzene rings is 1. The Hall–Kier alpha value is -1.38. The van der Waals surface area contributed by atoms with E-state index in [1.165, 1.54) is 4.90 Å². The number of nitrogens with zero attached hydrogens (tertiary/aromatic N) is 2. The quantitative estimate of drug-likeness (QED) is 0.620. The van der Waals surface area contributed by atoms with Crippen LogP contribution < -0.4 is 0 Å². The first kappa shape index (κ1) is 19.9. The molecular formula is C17H22N2O3S3. The number of hydrogen-bond acceptors (Lipinski definition) is 5. The molecule has 1 saturated carbocycles. The third kappa shape index (κ3) is 6.13. The number of ketones is 1. The average Bonchev–Trinajstić information content (AvgIpc) is 3.37. The zero-order chi connectivity index (χ0) is 18.6. The molecule has 25 heavy (non-hydrogen) atoms. The molecule has 1 aliphatic rings. The van der Waals surface area contributed by atoms with Gasteiger partial charge in [-0.15, -0.1) is 0 Å². The highest BCUT2D eigenvalue weighted by molar-refractivity contribution is 7.92. The molecule has 0 saturated heterocycles. The van der Waals surface area contributed by atoms with Crippen molar-refractivity contribution in [1.29, 1.82) is 0 Å². The van der Waals surface area contributed by atoms with Crippen LogP contribution in [0.2, 0.25) is 0 Å². The van der Waals surface area contributed by atoms with Crippen molar-refractivity contribution in [2.24, 2.45) is 5.92 Å². The molecule has 0 bridgehead atoms. The summed E-state index contributed by atoms with van der Waals surface area (Å²) in [5, 5.41) is 0. The van der Waals surface area contributed by atoms with Crippen LogP contribution in [0.3, 0.4) is 0 Å². The molecule has 0 aliphatic heterocycles. The van der Waals surface area contributed by atoms with E-state index in [4.69, 9.17) is 24.4 Å². The van der Waals surface area contributed by atoms with Gasteiger partial charge in [0.25, 0.3) is 0 Å². The maximum atomic E-state index is 12.3. The second-order valence-corrected chi connectivity index (χ2v) is 9.23. The first-order chi connectivity index (χ1) is 11.7. The van der Waals surface area contributed by atoms with E-state index in [2.05, 4.69) is 0 Å². The van der Waals surface area contributed by atoms with E-state index < -0.39 is 15.6 Å². The minimum Gasteiger partial charge on any atom is -0.362 e. The van der Waals surface area contributed by atoms with E-state index in [0.717, 1.165) is 23.4 Å². The number of likely N-dealkylation sites (N-methyl/N-ethyl adjacent to an activating group) is 1. The molecule has 0 N–H and O–H groups in total. The molecule has 0 radical (unpaired) electrons. The summed E-state index contributed by atoms with van der Waals surface area (Å²) in [7, 11) is -0.235. The van der Waals surface area contributed by atoms with E-state index in [1.54, 1.807) is 19.0 Å². The molecule has 1 aliphatic carbocycles. The van der Waals surface area contributed by atoms with Crippen LogP contribution in [-0.2, 0) is 14.6 Å². The van der Waals surface area contributed by atoms with Crippen LogP contribution in [0.5, 0.6) is 0 Å². The fourth-order valence-corrected chi connectivity index (χ4v) is 4.45. The maximum Gasteiger partial charge on any atom is 0.175 e. The summed E-state index contributed by atoms with van der Waals surface area (Å²) in [6, 6.07) is 9.19. The summed E-state index contributed by atoms with van der Waals surface area (Å²) in [5.41, 5.74) is 0.774. The van der Waals surface area contributed by atoms with Crippen molar-refractivity contribution in [2.75, 3.05) is 32.3 Å². The third-order valence-corrected chi connectivity index (χ3v) is 6.59. The van der Waals surface area contributed by atoms with Crippen molar-refractivity contribution in [3.05, 3.63) is 35.9 Å². The van der Waals surface area contributed by atoms with Gasteiger partial charge in [0.1, 0.15) is 16.6 Å². The van der Waals surface area contributed by atoms with Crippen LogP contribution in [-0.4, -0.2) is 66.2 Å². The Morgan fingerprint density at radius 3 is 2.28 bits per heavy atom. The minimum absolute atomic E-state index is 0.0292. The van der Waals surface area contributed by atoms with E-state index >= 15 is 0 Å². The van der Waals surface area contributed by atoms with E-state index in [-0.39, 0.29) is 18.2 Å². The van der Waals surface area contributed by atoms with Gasteiger partial charge < -0.3 is 9.80 Å². The SMILES string of the molecule is CN(CS(=O)(=O)CC(=O)CN(C)C(=S)C1CC1)C(=S)c1ccccc1. The number of carbonyl (C=O) groups is 1. The van der Waals surface area contributed by atoms with Gasteiger partial charge >= 0.3 is 0 Å². The molecule has 8 heteroatoms. The second-order valence-electron chi connectivity index (χ2n) is 6.39. The Kier molecular flexibility index (Phi) is 6.65. The van der Waals surface area contributed by atoms with E-state index in [1.807, 2.05) is 30.3 Å². The van der Waals surface area contributed by atoms with Crippen LogP contribution in [0.4, 0.5) is 0 Å². The Morgan fingerprint density at radius 2 is 1.72 bits per heavy atom. The number of rotatable bonds is 8. The molecule has 1 aromatic carbocycles. The molecule has 136 valence electrons. The van der Waals surface area contributed by atoms with Crippen LogP contribution in [0, 0.1) is 5.92 Å². The van der Waals surface area contributed by atoms with Crippen LogP contribution >= 0.6 is 24.4 Å². The first-order valence-electron chi connectivity index (χ1n) is 7.97. The molecule has 0 spiro atoms. The number of carbonyl (C=O) groups excluding carboxylic acids is 1. The van der Waals surface area contributed by atoms with Gasteiger partial charge in [-0.3, -0.25) is 4.79 Å². The van der Waals surface area contributed by atoms with Crippen LogP contribution in [0.15, 0.2) is 30.3 Å². The lowest BCUT2D eigenvalue weighted by molar-refractivity contribution is -0.116. The highest BCUT2D eigenvalue weighted by Gasteiger charge is 2.30. The number of thiocarbonyl (C=S) groups is 2. The normalized spacial score (nSPS) is 14.0. The van der Waals surface area contributed by atoms with Gasteiger partial charge in [-0.1, -0.05) is 54.8 Å². The summed E-state index contributed by atoms with van der Waals surface area (Å²) in [5.74, 6) is -0.779. The van der Waals surface area contributed by atoms with Crippen LogP contribution in [0.25, 0.3) is 0 Å². The van der Waals surface area contributed by atoms with E-state index in [0.29, 0.717) is 10.9 Å². The summed E-state index contributed by atoms with van der Waals surface area (Å²) in [6.45, 7) is 0.0292. The van der Waals surface area contributed by atoms with Gasteiger partial charge in [0.05, 0.1) is 11.5 Å². The molecule has 0 heterocycles. The molecule has 5 nitrogen and oxygen atoms in total. The second kappa shape index (κ2) is 8.33. The van der Waals surface area contributed by atoms with Crippen molar-refractivity contribution in [1.82, 2.24) is 9.80 Å². The average molecular weight is 399 g/mol. The Balaban J connectivity index is 1.88. The lowest BCUT2D eigenvalue weighted by Crippen LogP contribution is -2.38. The lowest BCUT2D eigenvalue weighted by Gasteiger charge is -2.21. The molecule has 1 fully saturated rings. The Bertz CT molecular complexity index is 759. The first-order valence-corrected chi connectivity index (χ1v) is 10.6. The summed E-state index contributed by atoms with van der Waals surface area (Å²) in [4.78, 5) is 16.4. The van der Waals surface area contributed by atoms with Crippen molar-refractivity contribution < 1.29 is 13.2 Å². The third-order valence-electron chi connectivity index (χ3n) is 3.86. The monoisotopic (exact) mass is 398 g/mol. The minimum atomic E-state index is -3.59. The van der Waals surface area contributed by atoms with Crippen molar-refractivity contribution >= 4 is 50.0 Å². The van der Waals surface area contributed by atoms with Crippen LogP contribution in [0.1, 0.15) is 18.4 Å². The molecule has 1 aromatic rings. The lowest BCUT2D eigenvalue weighted by atomic mass is 10.2. The van der Waals surface area contributed by atoms with Gasteiger partial charge in [0, 0.05) is 25.6 Å². The summed E-state index contributed by atoms with van der Waals surface area (Å²) in [6.07, 6.45) is 2.11. The van der Waals surface area contributed by atoms with Crippen molar-refractivity contribution in [3.8, 4) is 0 Å². The van der Waals surface area contributed by atoms with Gasteiger partial charge in [-0.05, 0) is 12.8 Å².